The van der Waals surface area contributed by atoms with Gasteiger partial charge in [0.2, 0.25) is 0 Å². The number of carbonyl (C=O) groups excluding carboxylic acids is 1. The van der Waals surface area contributed by atoms with E-state index in [2.05, 4.69) is 13.0 Å². The Kier molecular flexibility index (Phi) is 4.70. The molecule has 0 aromatic carbocycles. The third kappa shape index (κ3) is 3.31. The smallest absolute Gasteiger partial charge is 0.257 e. The second kappa shape index (κ2) is 6.04. The van der Waals surface area contributed by atoms with Gasteiger partial charge in [-0.3, -0.25) is 0 Å². The van der Waals surface area contributed by atoms with E-state index in [1.54, 1.807) is 23.9 Å². The van der Waals surface area contributed by atoms with Gasteiger partial charge in [-0.2, -0.15) is 5.26 Å². The Morgan fingerprint density at radius 2 is 2.41 bits per heavy atom. The molecule has 0 saturated carbocycles. The van der Waals surface area contributed by atoms with Gasteiger partial charge < -0.3 is 9.90 Å². The molecular formula is C12H17N3O2. The molecule has 0 aliphatic heterocycles. The molecule has 1 rings (SSSR count). The summed E-state index contributed by atoms with van der Waals surface area (Å²) < 4.78 is 3.46. The fourth-order valence-electron chi connectivity index (χ4n) is 1.78. The number of carboxylic acids is 1. The summed E-state index contributed by atoms with van der Waals surface area (Å²) in [5, 5.41) is 19.6. The highest BCUT2D eigenvalue weighted by atomic mass is 16.4. The predicted molar refractivity (Wildman–Crippen MR) is 58.6 cm³/mol. The van der Waals surface area contributed by atoms with Crippen molar-refractivity contribution in [3.8, 4) is 6.07 Å². The van der Waals surface area contributed by atoms with Crippen molar-refractivity contribution < 1.29 is 14.5 Å². The average Bonchev–Trinajstić information content (AvgIpc) is 2.67. The van der Waals surface area contributed by atoms with Gasteiger partial charge in [-0.25, -0.2) is 9.13 Å². The summed E-state index contributed by atoms with van der Waals surface area (Å²) in [6.07, 6.45) is 6.20. The number of aliphatic carboxylic acids is 1. The summed E-state index contributed by atoms with van der Waals surface area (Å²) in [5.74, 6) is -0.250. The molecule has 1 aromatic rings. The summed E-state index contributed by atoms with van der Waals surface area (Å²) in [4.78, 5) is 10.6. The number of imidazole rings is 1. The maximum Gasteiger partial charge on any atom is 0.257 e. The van der Waals surface area contributed by atoms with Gasteiger partial charge >= 0.3 is 0 Å². The van der Waals surface area contributed by atoms with E-state index in [1.807, 2.05) is 4.57 Å². The van der Waals surface area contributed by atoms with Crippen LogP contribution in [-0.2, 0) is 17.8 Å². The lowest BCUT2D eigenvalue weighted by Gasteiger charge is -2.06. The molecule has 17 heavy (non-hydrogen) atoms. The highest BCUT2D eigenvalue weighted by molar-refractivity contribution is 5.62. The molecule has 0 bridgehead atoms. The van der Waals surface area contributed by atoms with Crippen molar-refractivity contribution in [2.24, 2.45) is 0 Å². The van der Waals surface area contributed by atoms with E-state index >= 15 is 0 Å². The van der Waals surface area contributed by atoms with Crippen molar-refractivity contribution in [3.05, 3.63) is 18.2 Å². The molecule has 1 heterocycles. The number of nitrogens with zero attached hydrogens (tertiary/aromatic N) is 3. The van der Waals surface area contributed by atoms with Gasteiger partial charge in [0.25, 0.3) is 5.82 Å². The normalized spacial score (nSPS) is 12.1. The molecule has 0 saturated heterocycles. The summed E-state index contributed by atoms with van der Waals surface area (Å²) >= 11 is 0. The molecule has 5 heteroatoms. The molecule has 1 unspecified atom stereocenters. The number of hydrogen-bond acceptors (Lipinski definition) is 3. The molecule has 0 spiro atoms. The highest BCUT2D eigenvalue weighted by Crippen LogP contribution is 2.09. The first-order valence-corrected chi connectivity index (χ1v) is 5.78. The van der Waals surface area contributed by atoms with Crippen LogP contribution in [0, 0.1) is 11.3 Å². The minimum atomic E-state index is -1.12. The molecule has 5 nitrogen and oxygen atoms in total. The number of aromatic nitrogens is 2. The van der Waals surface area contributed by atoms with E-state index < -0.39 is 5.97 Å². The molecule has 0 radical (unpaired) electrons. The number of carbonyl (C=O) groups is 1. The van der Waals surface area contributed by atoms with Crippen LogP contribution in [0.3, 0.4) is 0 Å². The predicted octanol–water partition coefficient (Wildman–Crippen LogP) is -0.0473. The lowest BCUT2D eigenvalue weighted by molar-refractivity contribution is -0.697. The van der Waals surface area contributed by atoms with E-state index in [9.17, 15) is 9.90 Å². The monoisotopic (exact) mass is 235 g/mol. The van der Waals surface area contributed by atoms with Crippen LogP contribution >= 0.6 is 0 Å². The van der Waals surface area contributed by atoms with E-state index in [4.69, 9.17) is 5.26 Å². The first-order valence-electron chi connectivity index (χ1n) is 5.78. The first kappa shape index (κ1) is 13.2. The van der Waals surface area contributed by atoms with Crippen molar-refractivity contribution in [2.75, 3.05) is 0 Å². The number of hydrogen-bond donors (Lipinski definition) is 0. The Morgan fingerprint density at radius 3 is 2.94 bits per heavy atom. The van der Waals surface area contributed by atoms with Crippen molar-refractivity contribution in [1.82, 2.24) is 4.57 Å². The Balaban J connectivity index is 3.01. The molecule has 1 aromatic heterocycles. The summed E-state index contributed by atoms with van der Waals surface area (Å²) in [6.45, 7) is 3.70. The number of carboxylic acid groups (broad SMARTS) is 1. The molecule has 92 valence electrons. The van der Waals surface area contributed by atoms with E-state index in [0.29, 0.717) is 0 Å². The number of nitriles is 1. The zero-order valence-electron chi connectivity index (χ0n) is 10.2. The largest absolute Gasteiger partial charge is 0.546 e. The molecule has 0 aliphatic carbocycles. The summed E-state index contributed by atoms with van der Waals surface area (Å²) in [6, 6.07) is 1.86. The van der Waals surface area contributed by atoms with Crippen LogP contribution in [0.4, 0.5) is 0 Å². The van der Waals surface area contributed by atoms with Crippen molar-refractivity contribution >= 4 is 5.97 Å². The van der Waals surface area contributed by atoms with Gasteiger partial charge in [-0.15, -0.1) is 0 Å². The third-order valence-electron chi connectivity index (χ3n) is 2.69. The average molecular weight is 235 g/mol. The molecular weight excluding hydrogens is 218 g/mol. The highest BCUT2D eigenvalue weighted by Gasteiger charge is 2.20. The van der Waals surface area contributed by atoms with E-state index in [0.717, 1.165) is 25.1 Å². The van der Waals surface area contributed by atoms with Crippen LogP contribution in [-0.4, -0.2) is 10.5 Å². The van der Waals surface area contributed by atoms with E-state index in [-0.39, 0.29) is 12.6 Å². The SMILES string of the molecule is CCCCc1n(C(C)C#N)cc[n+]1CC(=O)[O-]. The molecule has 0 aliphatic rings. The fourth-order valence-corrected chi connectivity index (χ4v) is 1.78. The third-order valence-corrected chi connectivity index (χ3v) is 2.69. The van der Waals surface area contributed by atoms with Gasteiger partial charge in [0.15, 0.2) is 6.04 Å². The topological polar surface area (TPSA) is 72.7 Å². The quantitative estimate of drug-likeness (QED) is 0.649. The Hall–Kier alpha value is -1.83. The Morgan fingerprint density at radius 1 is 1.71 bits per heavy atom. The van der Waals surface area contributed by atoms with Gasteiger partial charge in [-0.05, 0) is 13.3 Å². The second-order valence-electron chi connectivity index (χ2n) is 4.03. The van der Waals surface area contributed by atoms with Gasteiger partial charge in [0.1, 0.15) is 25.0 Å². The lowest BCUT2D eigenvalue weighted by Crippen LogP contribution is -2.46. The van der Waals surface area contributed by atoms with Crippen LogP contribution in [0.5, 0.6) is 0 Å². The number of unbranched alkanes of at least 4 members (excludes halogenated alkanes) is 1. The van der Waals surface area contributed by atoms with Crippen molar-refractivity contribution in [3.63, 3.8) is 0 Å². The maximum atomic E-state index is 10.6. The minimum Gasteiger partial charge on any atom is -0.546 e. The molecule has 0 fully saturated rings. The fraction of sp³-hybridized carbons (Fsp3) is 0.583. The first-order chi connectivity index (χ1) is 8.10. The molecule has 0 amide bonds. The molecule has 0 N–H and O–H groups in total. The Labute approximate surface area is 101 Å². The lowest BCUT2D eigenvalue weighted by atomic mass is 10.2. The zero-order chi connectivity index (χ0) is 12.8. The van der Waals surface area contributed by atoms with Crippen LogP contribution < -0.4 is 9.67 Å². The maximum absolute atomic E-state index is 10.6. The van der Waals surface area contributed by atoms with Crippen LogP contribution in [0.25, 0.3) is 0 Å². The summed E-state index contributed by atoms with van der Waals surface area (Å²) in [7, 11) is 0. The zero-order valence-corrected chi connectivity index (χ0v) is 10.2. The standard InChI is InChI=1S/C12H17N3O2/c1-3-4-5-11-14(9-12(16)17)6-7-15(11)10(2)8-13/h6-7,10H,3-5,9H2,1-2H3. The second-order valence-corrected chi connectivity index (χ2v) is 4.03. The minimum absolute atomic E-state index is 0.163. The number of rotatable bonds is 6. The summed E-state index contributed by atoms with van der Waals surface area (Å²) in [5.41, 5.74) is 0. The molecule has 1 atom stereocenters. The van der Waals surface area contributed by atoms with Gasteiger partial charge in [-0.1, -0.05) is 13.3 Å². The van der Waals surface area contributed by atoms with Crippen molar-refractivity contribution in [1.29, 1.82) is 5.26 Å². The Bertz CT molecular complexity index is 431. The van der Waals surface area contributed by atoms with Crippen LogP contribution in [0.15, 0.2) is 12.4 Å². The van der Waals surface area contributed by atoms with Crippen molar-refractivity contribution in [2.45, 2.75) is 45.7 Å². The van der Waals surface area contributed by atoms with Gasteiger partial charge in [0.05, 0.1) is 5.97 Å². The van der Waals surface area contributed by atoms with Crippen LogP contribution in [0.1, 0.15) is 38.6 Å². The van der Waals surface area contributed by atoms with Gasteiger partial charge in [0, 0.05) is 6.42 Å². The van der Waals surface area contributed by atoms with Crippen LogP contribution in [0.2, 0.25) is 0 Å². The van der Waals surface area contributed by atoms with E-state index in [1.165, 1.54) is 0 Å².